The van der Waals surface area contributed by atoms with Crippen LogP contribution in [0.5, 0.6) is 5.75 Å². The molecule has 1 aromatic carbocycles. The number of rotatable bonds is 9. The summed E-state index contributed by atoms with van der Waals surface area (Å²) < 4.78 is 28.6. The molecule has 0 atom stereocenters. The molecule has 1 heterocycles. The van der Waals surface area contributed by atoms with E-state index in [9.17, 15) is 14.0 Å². The Morgan fingerprint density at radius 1 is 1.12 bits per heavy atom. The Kier molecular flexibility index (Phi) is 8.36. The maximum atomic E-state index is 13.6. The van der Waals surface area contributed by atoms with Crippen molar-refractivity contribution in [3.8, 4) is 5.75 Å². The predicted molar refractivity (Wildman–Crippen MR) is 119 cm³/mol. The summed E-state index contributed by atoms with van der Waals surface area (Å²) in [4.78, 5) is 33.0. The zero-order valence-corrected chi connectivity index (χ0v) is 18.6. The molecular formula is C22H28FN5O5. The van der Waals surface area contributed by atoms with Gasteiger partial charge in [0.15, 0.2) is 0 Å². The Morgan fingerprint density at radius 2 is 1.85 bits per heavy atom. The van der Waals surface area contributed by atoms with Gasteiger partial charge in [-0.2, -0.15) is 4.98 Å². The predicted octanol–water partition coefficient (Wildman–Crippen LogP) is 2.53. The number of ketones is 1. The van der Waals surface area contributed by atoms with Crippen molar-refractivity contribution < 1.29 is 28.2 Å². The van der Waals surface area contributed by atoms with Crippen LogP contribution in [0.15, 0.2) is 24.4 Å². The number of nitrogens with two attached hydrogens (primary N) is 1. The molecule has 2 aromatic rings. The molecule has 0 aliphatic heterocycles. The minimum atomic E-state index is -0.565. The number of methoxy groups -OCH3 is 2. The molecule has 1 aliphatic rings. The molecule has 0 spiro atoms. The first-order valence-electron chi connectivity index (χ1n) is 10.6. The van der Waals surface area contributed by atoms with Crippen LogP contribution >= 0.6 is 0 Å². The van der Waals surface area contributed by atoms with Gasteiger partial charge in [-0.25, -0.2) is 14.2 Å². The van der Waals surface area contributed by atoms with Gasteiger partial charge in [0.05, 0.1) is 24.8 Å². The summed E-state index contributed by atoms with van der Waals surface area (Å²) in [6.07, 6.45) is 3.97. The SMILES string of the molecule is COCCOC(=O)NC1CCC(Nc2ncc(C(=O)c3cc(F)ccc3OC)c(N)n2)CC1. The molecular weight excluding hydrogens is 433 g/mol. The summed E-state index contributed by atoms with van der Waals surface area (Å²) in [7, 11) is 2.94. The third-order valence-electron chi connectivity index (χ3n) is 5.37. The molecule has 0 radical (unpaired) electrons. The van der Waals surface area contributed by atoms with Gasteiger partial charge < -0.3 is 30.6 Å². The summed E-state index contributed by atoms with van der Waals surface area (Å²) in [5.74, 6) is -0.579. The number of hydrogen-bond donors (Lipinski definition) is 3. The van der Waals surface area contributed by atoms with E-state index in [1.807, 2.05) is 0 Å². The van der Waals surface area contributed by atoms with Gasteiger partial charge in [0.1, 0.15) is 24.0 Å². The van der Waals surface area contributed by atoms with Crippen LogP contribution in [0, 0.1) is 5.82 Å². The number of alkyl carbamates (subject to hydrolysis) is 1. The standard InChI is InChI=1S/C22H28FN5O5/c1-31-9-10-33-22(30)27-15-6-4-14(5-7-15)26-21-25-12-17(20(24)28-21)19(29)16-11-13(23)3-8-18(16)32-2/h3,8,11-12,14-15H,4-7,9-10H2,1-2H3,(H,27,30)(H3,24,25,26,28). The van der Waals surface area contributed by atoms with Crippen LogP contribution in [-0.4, -0.2) is 61.4 Å². The van der Waals surface area contributed by atoms with Crippen molar-refractivity contribution in [2.75, 3.05) is 38.5 Å². The van der Waals surface area contributed by atoms with E-state index < -0.39 is 17.7 Å². The number of nitrogen functional groups attached to an aromatic ring is 1. The van der Waals surface area contributed by atoms with Crippen LogP contribution in [0.4, 0.5) is 21.0 Å². The molecule has 1 aromatic heterocycles. The molecule has 1 fully saturated rings. The lowest BCUT2D eigenvalue weighted by molar-refractivity contribution is 0.0950. The van der Waals surface area contributed by atoms with Crippen molar-refractivity contribution in [3.63, 3.8) is 0 Å². The number of ether oxygens (including phenoxy) is 3. The monoisotopic (exact) mass is 461 g/mol. The van der Waals surface area contributed by atoms with Crippen molar-refractivity contribution in [2.24, 2.45) is 0 Å². The van der Waals surface area contributed by atoms with Crippen molar-refractivity contribution >= 4 is 23.6 Å². The zero-order chi connectivity index (χ0) is 23.8. The highest BCUT2D eigenvalue weighted by Crippen LogP contribution is 2.26. The molecule has 1 amide bonds. The highest BCUT2D eigenvalue weighted by atomic mass is 19.1. The Hall–Kier alpha value is -3.47. The second-order valence-electron chi connectivity index (χ2n) is 7.63. The first-order valence-corrected chi connectivity index (χ1v) is 10.6. The molecule has 0 bridgehead atoms. The van der Waals surface area contributed by atoms with E-state index in [1.54, 1.807) is 7.11 Å². The Labute approximate surface area is 191 Å². The Balaban J connectivity index is 1.56. The summed E-state index contributed by atoms with van der Waals surface area (Å²) >= 11 is 0. The second-order valence-corrected chi connectivity index (χ2v) is 7.63. The number of carbonyl (C=O) groups excluding carboxylic acids is 2. The highest BCUT2D eigenvalue weighted by molar-refractivity contribution is 6.13. The fourth-order valence-corrected chi connectivity index (χ4v) is 3.63. The number of anilines is 2. The molecule has 3 rings (SSSR count). The number of halogens is 1. The minimum Gasteiger partial charge on any atom is -0.496 e. The lowest BCUT2D eigenvalue weighted by Crippen LogP contribution is -2.40. The van der Waals surface area contributed by atoms with Crippen molar-refractivity contribution in [1.82, 2.24) is 15.3 Å². The Morgan fingerprint density at radius 3 is 2.52 bits per heavy atom. The smallest absolute Gasteiger partial charge is 0.407 e. The van der Waals surface area contributed by atoms with Gasteiger partial charge in [0.25, 0.3) is 0 Å². The van der Waals surface area contributed by atoms with Crippen molar-refractivity contribution in [3.05, 3.63) is 41.3 Å². The van der Waals surface area contributed by atoms with Gasteiger partial charge in [-0.3, -0.25) is 4.79 Å². The molecule has 10 nitrogen and oxygen atoms in total. The second kappa shape index (κ2) is 11.4. The van der Waals surface area contributed by atoms with E-state index in [-0.39, 0.29) is 41.4 Å². The maximum Gasteiger partial charge on any atom is 0.407 e. The number of carbonyl (C=O) groups is 2. The number of amides is 1. The fourth-order valence-electron chi connectivity index (χ4n) is 3.63. The van der Waals surface area contributed by atoms with Crippen LogP contribution in [0.2, 0.25) is 0 Å². The largest absolute Gasteiger partial charge is 0.496 e. The van der Waals surface area contributed by atoms with Gasteiger partial charge in [0, 0.05) is 25.4 Å². The van der Waals surface area contributed by atoms with E-state index in [1.165, 1.54) is 25.4 Å². The van der Waals surface area contributed by atoms with Crippen LogP contribution in [0.3, 0.4) is 0 Å². The van der Waals surface area contributed by atoms with Crippen LogP contribution in [0.25, 0.3) is 0 Å². The third kappa shape index (κ3) is 6.51. The molecule has 1 aliphatic carbocycles. The van der Waals surface area contributed by atoms with Crippen LogP contribution < -0.4 is 21.1 Å². The van der Waals surface area contributed by atoms with E-state index in [0.29, 0.717) is 12.6 Å². The molecule has 11 heteroatoms. The highest BCUT2D eigenvalue weighted by Gasteiger charge is 2.24. The third-order valence-corrected chi connectivity index (χ3v) is 5.37. The van der Waals surface area contributed by atoms with Crippen molar-refractivity contribution in [2.45, 2.75) is 37.8 Å². The van der Waals surface area contributed by atoms with Gasteiger partial charge in [0.2, 0.25) is 11.7 Å². The van der Waals surface area contributed by atoms with Crippen LogP contribution in [-0.2, 0) is 9.47 Å². The molecule has 0 unspecified atom stereocenters. The summed E-state index contributed by atoms with van der Waals surface area (Å²) in [6, 6.07) is 3.80. The van der Waals surface area contributed by atoms with Gasteiger partial charge in [-0.1, -0.05) is 0 Å². The Bertz CT molecular complexity index is 982. The quantitative estimate of drug-likeness (QED) is 0.380. The zero-order valence-electron chi connectivity index (χ0n) is 18.6. The van der Waals surface area contributed by atoms with Gasteiger partial charge in [-0.15, -0.1) is 0 Å². The van der Waals surface area contributed by atoms with E-state index in [4.69, 9.17) is 19.9 Å². The molecule has 0 saturated heterocycles. The number of benzene rings is 1. The van der Waals surface area contributed by atoms with E-state index in [2.05, 4.69) is 20.6 Å². The normalized spacial score (nSPS) is 17.8. The number of nitrogens with zero attached hydrogens (tertiary/aromatic N) is 2. The van der Waals surface area contributed by atoms with Gasteiger partial charge in [-0.05, 0) is 43.9 Å². The topological polar surface area (TPSA) is 138 Å². The fraction of sp³-hybridized carbons (Fsp3) is 0.455. The minimum absolute atomic E-state index is 0.0158. The first-order chi connectivity index (χ1) is 15.9. The molecule has 178 valence electrons. The van der Waals surface area contributed by atoms with Gasteiger partial charge >= 0.3 is 6.09 Å². The number of hydrogen-bond acceptors (Lipinski definition) is 9. The average molecular weight is 461 g/mol. The van der Waals surface area contributed by atoms with Crippen molar-refractivity contribution in [1.29, 1.82) is 0 Å². The van der Waals surface area contributed by atoms with E-state index in [0.717, 1.165) is 31.7 Å². The lowest BCUT2D eigenvalue weighted by atomic mass is 9.91. The summed E-state index contributed by atoms with van der Waals surface area (Å²) in [5, 5.41) is 6.07. The van der Waals surface area contributed by atoms with Crippen LogP contribution in [0.1, 0.15) is 41.6 Å². The average Bonchev–Trinajstić information content (AvgIpc) is 2.80. The first kappa shape index (κ1) is 24.2. The molecule has 1 saturated carbocycles. The number of nitrogens with one attached hydrogen (secondary N) is 2. The molecule has 4 N–H and O–H groups in total. The maximum absolute atomic E-state index is 13.6. The lowest BCUT2D eigenvalue weighted by Gasteiger charge is -2.29. The molecule has 33 heavy (non-hydrogen) atoms. The summed E-state index contributed by atoms with van der Waals surface area (Å²) in [6.45, 7) is 0.565. The number of aromatic nitrogens is 2. The van der Waals surface area contributed by atoms with E-state index >= 15 is 0 Å². The summed E-state index contributed by atoms with van der Waals surface area (Å²) in [5.41, 5.74) is 6.11.